The lowest BCUT2D eigenvalue weighted by Gasteiger charge is -2.34. The van der Waals surface area contributed by atoms with E-state index in [0.717, 1.165) is 11.6 Å². The zero-order valence-electron chi connectivity index (χ0n) is 15.6. The maximum Gasteiger partial charge on any atom is 0.312 e. The quantitative estimate of drug-likeness (QED) is 0.586. The average molecular weight is 397 g/mol. The van der Waals surface area contributed by atoms with Crippen molar-refractivity contribution < 1.29 is 24.4 Å². The number of non-ortho nitro benzene ring substituents is 1. The molecule has 2 aromatic rings. The van der Waals surface area contributed by atoms with Gasteiger partial charge in [-0.3, -0.25) is 24.5 Å². The average Bonchev–Trinajstić information content (AvgIpc) is 2.72. The van der Waals surface area contributed by atoms with Crippen molar-refractivity contribution in [2.75, 3.05) is 6.54 Å². The summed E-state index contributed by atoms with van der Waals surface area (Å²) in [6, 6.07) is 11.3. The second-order valence-corrected chi connectivity index (χ2v) is 6.81. The van der Waals surface area contributed by atoms with Gasteiger partial charge >= 0.3 is 5.97 Å². The lowest BCUT2D eigenvalue weighted by molar-refractivity contribution is -0.384. The van der Waals surface area contributed by atoms with E-state index in [4.69, 9.17) is 0 Å². The number of fused-ring (bicyclic) bond motifs is 1. The van der Waals surface area contributed by atoms with Crippen molar-refractivity contribution in [3.05, 3.63) is 75.3 Å². The fourth-order valence-electron chi connectivity index (χ4n) is 3.36. The third kappa shape index (κ3) is 4.23. The molecule has 1 aliphatic rings. The van der Waals surface area contributed by atoms with E-state index < -0.39 is 34.7 Å². The third-order valence-corrected chi connectivity index (χ3v) is 4.84. The fraction of sp³-hybridized carbons (Fsp3) is 0.250. The highest BCUT2D eigenvalue weighted by molar-refractivity contribution is 5.98. The summed E-state index contributed by atoms with van der Waals surface area (Å²) in [7, 11) is 0. The van der Waals surface area contributed by atoms with E-state index in [2.05, 4.69) is 5.32 Å². The highest BCUT2D eigenvalue weighted by Crippen LogP contribution is 2.28. The second kappa shape index (κ2) is 8.09. The van der Waals surface area contributed by atoms with Crippen molar-refractivity contribution in [2.24, 2.45) is 0 Å². The van der Waals surface area contributed by atoms with Gasteiger partial charge in [-0.05, 0) is 24.1 Å². The van der Waals surface area contributed by atoms with Gasteiger partial charge in [0, 0.05) is 30.8 Å². The van der Waals surface area contributed by atoms with Gasteiger partial charge in [0.25, 0.3) is 11.6 Å². The molecule has 2 N–H and O–H groups in total. The number of amides is 2. The summed E-state index contributed by atoms with van der Waals surface area (Å²) in [4.78, 5) is 48.5. The number of rotatable bonds is 5. The zero-order valence-corrected chi connectivity index (χ0v) is 15.6. The number of carboxylic acid groups (broad SMARTS) is 1. The van der Waals surface area contributed by atoms with Gasteiger partial charge in [-0.25, -0.2) is 0 Å². The number of nitro groups is 1. The summed E-state index contributed by atoms with van der Waals surface area (Å²) in [6.07, 6.45) is 0. The zero-order chi connectivity index (χ0) is 21.1. The number of nitro benzene ring substituents is 1. The van der Waals surface area contributed by atoms with E-state index in [0.29, 0.717) is 5.56 Å². The molecule has 2 atom stereocenters. The number of carboxylic acids is 1. The first kappa shape index (κ1) is 20.0. The molecule has 9 nitrogen and oxygen atoms in total. The molecule has 2 unspecified atom stereocenters. The van der Waals surface area contributed by atoms with E-state index in [-0.39, 0.29) is 24.3 Å². The summed E-state index contributed by atoms with van der Waals surface area (Å²) >= 11 is 0. The maximum absolute atomic E-state index is 12.8. The van der Waals surface area contributed by atoms with E-state index in [1.165, 1.54) is 30.0 Å². The van der Waals surface area contributed by atoms with Crippen molar-refractivity contribution in [1.29, 1.82) is 0 Å². The molecule has 0 saturated heterocycles. The topological polar surface area (TPSA) is 130 Å². The molecule has 0 aromatic heterocycles. The lowest BCUT2D eigenvalue weighted by atomic mass is 9.89. The molecular formula is C20H19N3O6. The van der Waals surface area contributed by atoms with Crippen molar-refractivity contribution in [2.45, 2.75) is 25.4 Å². The fourth-order valence-corrected chi connectivity index (χ4v) is 3.36. The summed E-state index contributed by atoms with van der Waals surface area (Å²) in [5.41, 5.74) is 1.26. The Kier molecular flexibility index (Phi) is 5.58. The number of nitrogens with zero attached hydrogens (tertiary/aromatic N) is 2. The number of carbonyl (C=O) groups is 3. The molecule has 150 valence electrons. The van der Waals surface area contributed by atoms with Crippen LogP contribution in [-0.4, -0.2) is 45.3 Å². The molecule has 0 fully saturated rings. The van der Waals surface area contributed by atoms with Crippen molar-refractivity contribution in [3.63, 3.8) is 0 Å². The van der Waals surface area contributed by atoms with Gasteiger partial charge < -0.3 is 15.3 Å². The predicted octanol–water partition coefficient (Wildman–Crippen LogP) is 1.92. The van der Waals surface area contributed by atoms with E-state index >= 15 is 0 Å². The van der Waals surface area contributed by atoms with Crippen LogP contribution in [0.15, 0.2) is 48.5 Å². The first-order valence-corrected chi connectivity index (χ1v) is 8.92. The standard InChI is InChI=1S/C20H19N3O6/c1-12(21-18(24)13-6-4-7-15(9-13)23(28)29)19(25)22-10-14-5-2-3-8-16(14)17(11-22)20(26)27/h2-9,12,17H,10-11H2,1H3,(H,21,24)(H,26,27). The highest BCUT2D eigenvalue weighted by atomic mass is 16.6. The van der Waals surface area contributed by atoms with E-state index in [1.54, 1.807) is 24.3 Å². The van der Waals surface area contributed by atoms with Gasteiger partial charge in [-0.1, -0.05) is 30.3 Å². The van der Waals surface area contributed by atoms with Crippen molar-refractivity contribution >= 4 is 23.5 Å². The molecule has 0 aliphatic carbocycles. The van der Waals surface area contributed by atoms with Crippen molar-refractivity contribution in [3.8, 4) is 0 Å². The molecule has 29 heavy (non-hydrogen) atoms. The first-order chi connectivity index (χ1) is 13.8. The molecule has 0 radical (unpaired) electrons. The first-order valence-electron chi connectivity index (χ1n) is 8.92. The molecule has 0 bridgehead atoms. The minimum atomic E-state index is -1.02. The number of benzene rings is 2. The lowest BCUT2D eigenvalue weighted by Crippen LogP contribution is -2.49. The van der Waals surface area contributed by atoms with Gasteiger partial charge in [0.05, 0.1) is 10.8 Å². The molecule has 0 spiro atoms. The smallest absolute Gasteiger partial charge is 0.312 e. The van der Waals surface area contributed by atoms with E-state index in [1.807, 2.05) is 0 Å². The predicted molar refractivity (Wildman–Crippen MR) is 102 cm³/mol. The van der Waals surface area contributed by atoms with Crippen LogP contribution in [-0.2, 0) is 16.1 Å². The number of hydrogen-bond acceptors (Lipinski definition) is 5. The highest BCUT2D eigenvalue weighted by Gasteiger charge is 2.34. The number of hydrogen-bond donors (Lipinski definition) is 2. The Morgan fingerprint density at radius 3 is 2.62 bits per heavy atom. The van der Waals surface area contributed by atoms with Crippen LogP contribution in [0.3, 0.4) is 0 Å². The van der Waals surface area contributed by atoms with Gasteiger partial charge in [0.2, 0.25) is 5.91 Å². The Balaban J connectivity index is 1.73. The molecule has 2 aromatic carbocycles. The number of nitrogens with one attached hydrogen (secondary N) is 1. The Bertz CT molecular complexity index is 990. The summed E-state index contributed by atoms with van der Waals surface area (Å²) in [5.74, 6) is -2.92. The molecule has 3 rings (SSSR count). The molecular weight excluding hydrogens is 378 g/mol. The summed E-state index contributed by atoms with van der Waals surface area (Å²) < 4.78 is 0. The molecule has 0 saturated carbocycles. The molecule has 1 aliphatic heterocycles. The van der Waals surface area contributed by atoms with Crippen LogP contribution in [0.5, 0.6) is 0 Å². The SMILES string of the molecule is CC(NC(=O)c1cccc([N+](=O)[O-])c1)C(=O)N1Cc2ccccc2C(C(=O)O)C1. The second-order valence-electron chi connectivity index (χ2n) is 6.81. The summed E-state index contributed by atoms with van der Waals surface area (Å²) in [6.45, 7) is 1.74. The van der Waals surface area contributed by atoms with Crippen LogP contribution >= 0.6 is 0 Å². The van der Waals surface area contributed by atoms with Crippen LogP contribution in [0, 0.1) is 10.1 Å². The van der Waals surface area contributed by atoms with Gasteiger partial charge in [0.1, 0.15) is 6.04 Å². The maximum atomic E-state index is 12.8. The number of aliphatic carboxylic acids is 1. The monoisotopic (exact) mass is 397 g/mol. The number of carbonyl (C=O) groups excluding carboxylic acids is 2. The Hall–Kier alpha value is -3.75. The molecule has 9 heteroatoms. The van der Waals surface area contributed by atoms with Gasteiger partial charge in [-0.15, -0.1) is 0 Å². The Morgan fingerprint density at radius 1 is 1.21 bits per heavy atom. The molecule has 1 heterocycles. The summed E-state index contributed by atoms with van der Waals surface area (Å²) in [5, 5.41) is 22.9. The van der Waals surface area contributed by atoms with E-state index in [9.17, 15) is 29.6 Å². The van der Waals surface area contributed by atoms with Crippen LogP contribution in [0.1, 0.15) is 34.3 Å². The minimum Gasteiger partial charge on any atom is -0.481 e. The minimum absolute atomic E-state index is 0.00218. The van der Waals surface area contributed by atoms with Crippen molar-refractivity contribution in [1.82, 2.24) is 10.2 Å². The third-order valence-electron chi connectivity index (χ3n) is 4.84. The van der Waals surface area contributed by atoms with Gasteiger partial charge in [-0.2, -0.15) is 0 Å². The van der Waals surface area contributed by atoms with Crippen LogP contribution in [0.4, 0.5) is 5.69 Å². The van der Waals surface area contributed by atoms with Crippen LogP contribution in [0.25, 0.3) is 0 Å². The Morgan fingerprint density at radius 2 is 1.93 bits per heavy atom. The largest absolute Gasteiger partial charge is 0.481 e. The Labute approximate surface area is 166 Å². The normalized spacial score (nSPS) is 16.4. The van der Waals surface area contributed by atoms with Gasteiger partial charge in [0.15, 0.2) is 0 Å². The molecule has 2 amide bonds. The van der Waals surface area contributed by atoms with Crippen LogP contribution < -0.4 is 5.32 Å². The van der Waals surface area contributed by atoms with Crippen LogP contribution in [0.2, 0.25) is 0 Å².